The molecule has 0 radical (unpaired) electrons. The second-order valence-electron chi connectivity index (χ2n) is 6.02. The number of nitrogens with zero attached hydrogens (tertiary/aromatic N) is 1. The third kappa shape index (κ3) is 4.31. The lowest BCUT2D eigenvalue weighted by Gasteiger charge is -2.26. The molecular weight excluding hydrogens is 313 g/mol. The van der Waals surface area contributed by atoms with Crippen LogP contribution in [-0.2, 0) is 0 Å². The van der Waals surface area contributed by atoms with E-state index in [1.165, 1.54) is 21.9 Å². The van der Waals surface area contributed by atoms with Gasteiger partial charge < -0.3 is 9.84 Å². The monoisotopic (exact) mass is 335 g/mol. The van der Waals surface area contributed by atoms with Crippen molar-refractivity contribution < 1.29 is 14.2 Å². The zero-order valence-electron chi connectivity index (χ0n) is 13.2. The van der Waals surface area contributed by atoms with Crippen molar-refractivity contribution in [3.05, 3.63) is 52.0 Å². The van der Waals surface area contributed by atoms with E-state index < -0.39 is 6.10 Å². The van der Waals surface area contributed by atoms with Crippen LogP contribution in [0, 0.1) is 12.7 Å². The SMILES string of the molecule is Cc1ccc(C2CCCN2CC(O)COc2ccc(F)cc2)s1. The maximum Gasteiger partial charge on any atom is 0.123 e. The number of thiophene rings is 1. The van der Waals surface area contributed by atoms with Crippen molar-refractivity contribution in [2.45, 2.75) is 31.9 Å². The summed E-state index contributed by atoms with van der Waals surface area (Å²) in [6.45, 7) is 3.95. The average molecular weight is 335 g/mol. The van der Waals surface area contributed by atoms with E-state index in [2.05, 4.69) is 24.0 Å². The van der Waals surface area contributed by atoms with Gasteiger partial charge in [0.05, 0.1) is 0 Å². The Kier molecular flexibility index (Phi) is 5.30. The minimum Gasteiger partial charge on any atom is -0.491 e. The highest BCUT2D eigenvalue weighted by molar-refractivity contribution is 7.12. The van der Waals surface area contributed by atoms with Gasteiger partial charge in [0.15, 0.2) is 0 Å². The molecule has 0 aliphatic carbocycles. The van der Waals surface area contributed by atoms with Crippen LogP contribution in [0.15, 0.2) is 36.4 Å². The summed E-state index contributed by atoms with van der Waals surface area (Å²) in [5.74, 6) is 0.293. The van der Waals surface area contributed by atoms with Gasteiger partial charge in [0, 0.05) is 22.3 Å². The Morgan fingerprint density at radius 3 is 2.78 bits per heavy atom. The van der Waals surface area contributed by atoms with Gasteiger partial charge in [0.25, 0.3) is 0 Å². The lowest BCUT2D eigenvalue weighted by molar-refractivity contribution is 0.0643. The predicted octanol–water partition coefficient (Wildman–Crippen LogP) is 3.77. The number of hydrogen-bond acceptors (Lipinski definition) is 4. The molecular formula is C18H22FNO2S. The second kappa shape index (κ2) is 7.43. The topological polar surface area (TPSA) is 32.7 Å². The van der Waals surface area contributed by atoms with Crippen LogP contribution >= 0.6 is 11.3 Å². The largest absolute Gasteiger partial charge is 0.491 e. The zero-order chi connectivity index (χ0) is 16.2. The summed E-state index contributed by atoms with van der Waals surface area (Å²) in [7, 11) is 0. The fraction of sp³-hybridized carbons (Fsp3) is 0.444. The highest BCUT2D eigenvalue weighted by atomic mass is 32.1. The van der Waals surface area contributed by atoms with Crippen molar-refractivity contribution in [3.8, 4) is 5.75 Å². The highest BCUT2D eigenvalue weighted by Crippen LogP contribution is 2.35. The number of aryl methyl sites for hydroxylation is 1. The number of aliphatic hydroxyl groups is 1. The van der Waals surface area contributed by atoms with E-state index in [0.29, 0.717) is 18.3 Å². The summed E-state index contributed by atoms with van der Waals surface area (Å²) in [5, 5.41) is 10.3. The van der Waals surface area contributed by atoms with Crippen LogP contribution in [-0.4, -0.2) is 35.8 Å². The first kappa shape index (κ1) is 16.4. The molecule has 3 rings (SSSR count). The second-order valence-corrected chi connectivity index (χ2v) is 7.34. The van der Waals surface area contributed by atoms with Crippen LogP contribution in [0.3, 0.4) is 0 Å². The highest BCUT2D eigenvalue weighted by Gasteiger charge is 2.28. The molecule has 2 aromatic rings. The predicted molar refractivity (Wildman–Crippen MR) is 90.5 cm³/mol. The number of aliphatic hydroxyl groups excluding tert-OH is 1. The van der Waals surface area contributed by atoms with E-state index in [9.17, 15) is 9.50 Å². The van der Waals surface area contributed by atoms with Gasteiger partial charge >= 0.3 is 0 Å². The molecule has 124 valence electrons. The van der Waals surface area contributed by atoms with E-state index in [1.807, 2.05) is 11.3 Å². The van der Waals surface area contributed by atoms with Crippen LogP contribution in [0.1, 0.15) is 28.6 Å². The van der Waals surface area contributed by atoms with E-state index in [4.69, 9.17) is 4.74 Å². The van der Waals surface area contributed by atoms with Crippen molar-refractivity contribution in [1.82, 2.24) is 4.90 Å². The maximum atomic E-state index is 12.9. The Balaban J connectivity index is 1.52. The molecule has 0 bridgehead atoms. The van der Waals surface area contributed by atoms with Crippen molar-refractivity contribution in [2.75, 3.05) is 19.7 Å². The van der Waals surface area contributed by atoms with Crippen molar-refractivity contribution in [2.24, 2.45) is 0 Å². The molecule has 1 aliphatic heterocycles. The van der Waals surface area contributed by atoms with Crippen LogP contribution in [0.5, 0.6) is 5.75 Å². The maximum absolute atomic E-state index is 12.9. The first-order valence-corrected chi connectivity index (χ1v) is 8.80. The average Bonchev–Trinajstić information content (AvgIpc) is 3.15. The Morgan fingerprint density at radius 2 is 2.09 bits per heavy atom. The Labute approximate surface area is 140 Å². The van der Waals surface area contributed by atoms with Crippen LogP contribution < -0.4 is 4.74 Å². The van der Waals surface area contributed by atoms with E-state index in [1.54, 1.807) is 12.1 Å². The van der Waals surface area contributed by atoms with Crippen LogP contribution in [0.2, 0.25) is 0 Å². The van der Waals surface area contributed by atoms with Gasteiger partial charge in [-0.3, -0.25) is 4.90 Å². The van der Waals surface area contributed by atoms with Crippen molar-refractivity contribution >= 4 is 11.3 Å². The first-order chi connectivity index (χ1) is 11.1. The number of rotatable bonds is 6. The molecule has 5 heteroatoms. The minimum atomic E-state index is -0.554. The fourth-order valence-corrected chi connectivity index (χ4v) is 4.09. The van der Waals surface area contributed by atoms with Gasteiger partial charge in [0.2, 0.25) is 0 Å². The fourth-order valence-electron chi connectivity index (χ4n) is 3.05. The summed E-state index contributed by atoms with van der Waals surface area (Å²) < 4.78 is 18.4. The normalized spacial score (nSPS) is 19.9. The van der Waals surface area contributed by atoms with Crippen molar-refractivity contribution in [3.63, 3.8) is 0 Å². The molecule has 0 spiro atoms. The lowest BCUT2D eigenvalue weighted by atomic mass is 10.2. The summed E-state index contributed by atoms with van der Waals surface area (Å²) in [6, 6.07) is 10.6. The van der Waals surface area contributed by atoms with Crippen molar-refractivity contribution in [1.29, 1.82) is 0 Å². The molecule has 2 heterocycles. The first-order valence-electron chi connectivity index (χ1n) is 7.98. The van der Waals surface area contributed by atoms with E-state index in [-0.39, 0.29) is 12.4 Å². The molecule has 3 nitrogen and oxygen atoms in total. The number of likely N-dealkylation sites (tertiary alicyclic amines) is 1. The number of halogens is 1. The molecule has 2 atom stereocenters. The smallest absolute Gasteiger partial charge is 0.123 e. The Bertz CT molecular complexity index is 628. The summed E-state index contributed by atoms with van der Waals surface area (Å²) in [5.41, 5.74) is 0. The van der Waals surface area contributed by atoms with E-state index >= 15 is 0 Å². The molecule has 1 aromatic carbocycles. The third-order valence-corrected chi connectivity index (χ3v) is 5.26. The van der Waals surface area contributed by atoms with Gasteiger partial charge in [-0.25, -0.2) is 4.39 Å². The standard InChI is InChI=1S/C18H22FNO2S/c1-13-4-9-18(23-13)17-3-2-10-20(17)11-15(21)12-22-16-7-5-14(19)6-8-16/h4-9,15,17,21H,2-3,10-12H2,1H3. The summed E-state index contributed by atoms with van der Waals surface area (Å²) in [4.78, 5) is 5.04. The molecule has 1 aliphatic rings. The summed E-state index contributed by atoms with van der Waals surface area (Å²) in [6.07, 6.45) is 1.75. The van der Waals surface area contributed by atoms with Gasteiger partial charge in [-0.2, -0.15) is 0 Å². The minimum absolute atomic E-state index is 0.221. The molecule has 0 amide bonds. The van der Waals surface area contributed by atoms with E-state index in [0.717, 1.165) is 19.4 Å². The number of benzene rings is 1. The molecule has 0 saturated carbocycles. The molecule has 1 saturated heterocycles. The summed E-state index contributed by atoms with van der Waals surface area (Å²) >= 11 is 1.84. The lowest BCUT2D eigenvalue weighted by Crippen LogP contribution is -2.35. The molecule has 23 heavy (non-hydrogen) atoms. The molecule has 1 N–H and O–H groups in total. The molecule has 1 fully saturated rings. The van der Waals surface area contributed by atoms with Gasteiger partial charge in [-0.15, -0.1) is 11.3 Å². The van der Waals surface area contributed by atoms with Crippen LogP contribution in [0.4, 0.5) is 4.39 Å². The van der Waals surface area contributed by atoms with Gasteiger partial charge in [0.1, 0.15) is 24.3 Å². The van der Waals surface area contributed by atoms with Gasteiger partial charge in [-0.05, 0) is 62.7 Å². The molecule has 1 aromatic heterocycles. The van der Waals surface area contributed by atoms with Crippen LogP contribution in [0.25, 0.3) is 0 Å². The molecule has 2 unspecified atom stereocenters. The number of hydrogen-bond donors (Lipinski definition) is 1. The van der Waals surface area contributed by atoms with Gasteiger partial charge in [-0.1, -0.05) is 0 Å². The Morgan fingerprint density at radius 1 is 1.30 bits per heavy atom. The number of ether oxygens (including phenoxy) is 1. The Hall–Kier alpha value is -1.43. The quantitative estimate of drug-likeness (QED) is 0.872. The zero-order valence-corrected chi connectivity index (χ0v) is 14.1. The third-order valence-electron chi connectivity index (χ3n) is 4.15. The number of β-amino-alcohol motifs (C(OH)–C–C–N with tert-alkyl or cyclic N) is 1.